The Morgan fingerprint density at radius 2 is 1.41 bits per heavy atom. The molecule has 0 aromatic heterocycles. The first-order chi connectivity index (χ1) is 34.9. The first-order valence-electron chi connectivity index (χ1n) is 25.4. The molecular formula is C54H63F3N6O10. The lowest BCUT2D eigenvalue weighted by atomic mass is 9.94. The highest BCUT2D eigenvalue weighted by atomic mass is 19.4. The summed E-state index contributed by atoms with van der Waals surface area (Å²) in [6, 6.07) is 13.3. The van der Waals surface area contributed by atoms with Gasteiger partial charge in [0.2, 0.25) is 29.2 Å². The first-order valence-corrected chi connectivity index (χ1v) is 25.4. The van der Waals surface area contributed by atoms with Crippen molar-refractivity contribution in [2.24, 2.45) is 0 Å². The number of amides is 8. The number of ether oxygens (including phenoxy) is 1. The summed E-state index contributed by atoms with van der Waals surface area (Å²) in [6.45, 7) is 2.07. The Labute approximate surface area is 422 Å². The molecule has 7 rings (SSSR count). The third-order valence-corrected chi connectivity index (χ3v) is 14.2. The largest absolute Gasteiger partial charge is 0.427 e. The highest BCUT2D eigenvalue weighted by Crippen LogP contribution is 2.46. The molecule has 390 valence electrons. The van der Waals surface area contributed by atoms with E-state index >= 15 is 0 Å². The second-order valence-electron chi connectivity index (χ2n) is 19.5. The van der Waals surface area contributed by atoms with Crippen LogP contribution in [0.3, 0.4) is 0 Å². The number of carbonyl (C=O) groups excluding carboxylic acids is 9. The average molecular weight is 1010 g/mol. The number of alkyl halides is 3. The minimum atomic E-state index is -4.76. The number of hydrogen-bond acceptors (Lipinski definition) is 11. The van der Waals surface area contributed by atoms with Gasteiger partial charge < -0.3 is 20.3 Å². The molecule has 4 aliphatic rings. The van der Waals surface area contributed by atoms with Crippen molar-refractivity contribution in [2.45, 2.75) is 160 Å². The Balaban J connectivity index is 0.725. The van der Waals surface area contributed by atoms with Crippen LogP contribution in [-0.2, 0) is 52.1 Å². The van der Waals surface area contributed by atoms with E-state index in [0.29, 0.717) is 70.8 Å². The molecule has 2 fully saturated rings. The van der Waals surface area contributed by atoms with Crippen LogP contribution in [0.25, 0.3) is 0 Å². The van der Waals surface area contributed by atoms with E-state index in [1.54, 1.807) is 60.7 Å². The van der Waals surface area contributed by atoms with E-state index in [0.717, 1.165) is 80.9 Å². The Hall–Kier alpha value is -6.92. The van der Waals surface area contributed by atoms with E-state index in [-0.39, 0.29) is 55.0 Å². The summed E-state index contributed by atoms with van der Waals surface area (Å²) < 4.78 is 47.3. The van der Waals surface area contributed by atoms with E-state index in [2.05, 4.69) is 16.0 Å². The zero-order chi connectivity index (χ0) is 52.5. The Morgan fingerprint density at radius 3 is 2.10 bits per heavy atom. The van der Waals surface area contributed by atoms with Gasteiger partial charge in [-0.25, -0.2) is 9.69 Å². The van der Waals surface area contributed by atoms with E-state index < -0.39 is 71.9 Å². The number of aryl methyl sites for hydroxylation is 2. The van der Waals surface area contributed by atoms with Crippen LogP contribution in [0.5, 0.6) is 0 Å². The van der Waals surface area contributed by atoms with Crippen LogP contribution < -0.4 is 16.0 Å². The third kappa shape index (κ3) is 13.0. The molecule has 3 aliphatic heterocycles. The van der Waals surface area contributed by atoms with Crippen molar-refractivity contribution < 1.29 is 61.1 Å². The van der Waals surface area contributed by atoms with Crippen LogP contribution in [-0.4, -0.2) is 99.3 Å². The SMILES string of the molecule is Cc1ccc(CN(C(=O)CN2C(=O)O[C@@]3(CCc4cc(NC(=O)CCCCC(=O)CCCCCCCCCCCNc5ccc6c(c5)C(=O)N(C5CCC(=O)NC5=O)C6=O)ccc43)C2=O)[C@@H](C)C(F)(F)F)cc1. The Kier molecular flexibility index (Phi) is 17.5. The number of ketones is 1. The molecule has 1 aliphatic carbocycles. The quantitative estimate of drug-likeness (QED) is 0.0541. The standard InChI is InChI=1S/C54H63F3N6O10/c1-34-17-19-36(20-18-34)32-61(35(2)54(55,56)57)47(67)33-62-51(71)53(73-52(62)72)28-27-37-30-39(22-24-43(37)53)59-45(65)16-12-11-15-40(64)14-10-8-6-4-3-5-7-9-13-29-58-38-21-23-41-42(31-38)50(70)63(49(41)69)44-25-26-46(66)60-48(44)68/h17-24,30-31,35,44,58H,3-16,25-29,32-33H2,1-2H3,(H,59,65)(H,60,66,68)/t35-,44?,53+/m0/s1. The van der Waals surface area contributed by atoms with Crippen molar-refractivity contribution in [2.75, 3.05) is 23.7 Å². The van der Waals surface area contributed by atoms with Crippen LogP contribution in [0.1, 0.15) is 159 Å². The monoisotopic (exact) mass is 1010 g/mol. The number of fused-ring (bicyclic) bond motifs is 3. The number of hydrogen-bond donors (Lipinski definition) is 3. The maximum atomic E-state index is 13.9. The van der Waals surface area contributed by atoms with Gasteiger partial charge in [0.05, 0.1) is 11.1 Å². The molecule has 8 amide bonds. The lowest BCUT2D eigenvalue weighted by Crippen LogP contribution is -2.54. The number of nitrogens with zero attached hydrogens (tertiary/aromatic N) is 3. The summed E-state index contributed by atoms with van der Waals surface area (Å²) in [7, 11) is 0. The van der Waals surface area contributed by atoms with E-state index in [1.807, 2.05) is 6.92 Å². The fourth-order valence-corrected chi connectivity index (χ4v) is 9.92. The van der Waals surface area contributed by atoms with Crippen molar-refractivity contribution in [3.63, 3.8) is 0 Å². The van der Waals surface area contributed by atoms with Gasteiger partial charge in [-0.15, -0.1) is 0 Å². The fraction of sp³-hybridized carbons (Fsp3) is 0.500. The molecule has 3 aromatic rings. The maximum Gasteiger partial charge on any atom is 0.418 e. The summed E-state index contributed by atoms with van der Waals surface area (Å²) in [4.78, 5) is 118. The average Bonchev–Trinajstić information content (AvgIpc) is 3.92. The van der Waals surface area contributed by atoms with Crippen molar-refractivity contribution in [3.05, 3.63) is 94.0 Å². The highest BCUT2D eigenvalue weighted by molar-refractivity contribution is 6.23. The lowest BCUT2D eigenvalue weighted by molar-refractivity contribution is -0.187. The van der Waals surface area contributed by atoms with Crippen LogP contribution >= 0.6 is 0 Å². The zero-order valence-corrected chi connectivity index (χ0v) is 41.3. The predicted molar refractivity (Wildman–Crippen MR) is 262 cm³/mol. The number of nitrogens with one attached hydrogen (secondary N) is 3. The number of imide groups is 3. The van der Waals surface area contributed by atoms with Crippen LogP contribution in [0.15, 0.2) is 60.7 Å². The van der Waals surface area contributed by atoms with Crippen molar-refractivity contribution >= 4 is 64.6 Å². The Bertz CT molecular complexity index is 2620. The molecule has 3 aromatic carbocycles. The molecule has 3 N–H and O–H groups in total. The molecule has 0 saturated carbocycles. The topological polar surface area (TPSA) is 209 Å². The molecule has 19 heteroatoms. The first kappa shape index (κ1) is 53.9. The van der Waals surface area contributed by atoms with Crippen LogP contribution in [0.4, 0.5) is 29.3 Å². The summed E-state index contributed by atoms with van der Waals surface area (Å²) in [5.41, 5.74) is 2.32. The molecule has 16 nitrogen and oxygen atoms in total. The second-order valence-corrected chi connectivity index (χ2v) is 19.5. The molecule has 1 spiro atoms. The summed E-state index contributed by atoms with van der Waals surface area (Å²) >= 11 is 0. The molecule has 73 heavy (non-hydrogen) atoms. The van der Waals surface area contributed by atoms with E-state index in [1.165, 1.54) is 0 Å². The molecule has 3 heterocycles. The highest BCUT2D eigenvalue weighted by Gasteiger charge is 2.59. The summed E-state index contributed by atoms with van der Waals surface area (Å²) in [6.07, 6.45) is 6.15. The van der Waals surface area contributed by atoms with Crippen molar-refractivity contribution in [1.82, 2.24) is 20.0 Å². The van der Waals surface area contributed by atoms with Crippen LogP contribution in [0, 0.1) is 6.92 Å². The van der Waals surface area contributed by atoms with Gasteiger partial charge in [-0.05, 0) is 93.8 Å². The molecule has 0 radical (unpaired) electrons. The van der Waals surface area contributed by atoms with Gasteiger partial charge in [0.25, 0.3) is 17.7 Å². The summed E-state index contributed by atoms with van der Waals surface area (Å²) in [5, 5.41) is 8.37. The normalized spacial score (nSPS) is 18.7. The number of piperidine rings is 1. The summed E-state index contributed by atoms with van der Waals surface area (Å²) in [5.74, 6) is -4.08. The number of anilines is 2. The number of halogens is 3. The van der Waals surface area contributed by atoms with Gasteiger partial charge in [0.1, 0.15) is 24.4 Å². The number of benzene rings is 3. The molecule has 3 atom stereocenters. The van der Waals surface area contributed by atoms with E-state index in [4.69, 9.17) is 4.74 Å². The smallest absolute Gasteiger partial charge is 0.418 e. The molecule has 2 saturated heterocycles. The molecular weight excluding hydrogens is 950 g/mol. The number of carbonyl (C=O) groups is 9. The van der Waals surface area contributed by atoms with Gasteiger partial charge in [-0.3, -0.25) is 48.6 Å². The minimum absolute atomic E-state index is 0.0628. The van der Waals surface area contributed by atoms with Gasteiger partial charge in [-0.2, -0.15) is 13.2 Å². The Morgan fingerprint density at radius 1 is 0.781 bits per heavy atom. The van der Waals surface area contributed by atoms with Gasteiger partial charge in [0.15, 0.2) is 0 Å². The zero-order valence-electron chi connectivity index (χ0n) is 41.3. The molecule has 1 unspecified atom stereocenters. The lowest BCUT2D eigenvalue weighted by Gasteiger charge is -2.31. The number of unbranched alkanes of at least 4 members (excludes halogenated alkanes) is 9. The predicted octanol–water partition coefficient (Wildman–Crippen LogP) is 8.58. The fourth-order valence-electron chi connectivity index (χ4n) is 9.92. The van der Waals surface area contributed by atoms with Gasteiger partial charge >= 0.3 is 12.3 Å². The van der Waals surface area contributed by atoms with E-state index in [9.17, 15) is 56.3 Å². The maximum absolute atomic E-state index is 13.9. The van der Waals surface area contributed by atoms with Crippen molar-refractivity contribution in [1.29, 1.82) is 0 Å². The van der Waals surface area contributed by atoms with Crippen molar-refractivity contribution in [3.8, 4) is 0 Å². The second kappa shape index (κ2) is 23.7. The number of Topliss-reactive ketones (excluding diaryl/α,β-unsaturated/α-hetero) is 1. The minimum Gasteiger partial charge on any atom is -0.427 e. The van der Waals surface area contributed by atoms with Crippen LogP contribution in [0.2, 0.25) is 0 Å². The third-order valence-electron chi connectivity index (χ3n) is 14.2. The molecule has 0 bridgehead atoms. The number of rotatable bonds is 25. The van der Waals surface area contributed by atoms with Gasteiger partial charge in [0, 0.05) is 62.1 Å². The van der Waals surface area contributed by atoms with Gasteiger partial charge in [-0.1, -0.05) is 80.8 Å².